The lowest BCUT2D eigenvalue weighted by atomic mass is 10.1. The summed E-state index contributed by atoms with van der Waals surface area (Å²) in [6.07, 6.45) is 3.79. The number of nitrogens with zero attached hydrogens (tertiary/aromatic N) is 1. The van der Waals surface area contributed by atoms with E-state index in [1.165, 1.54) is 31.7 Å². The Hall–Kier alpha value is -2.78. The van der Waals surface area contributed by atoms with Gasteiger partial charge >= 0.3 is 0 Å². The minimum atomic E-state index is -3.62. The molecule has 1 N–H and O–H groups in total. The molecule has 31 heavy (non-hydrogen) atoms. The minimum absolute atomic E-state index is 0.159. The maximum Gasteiger partial charge on any atom is 0.259 e. The molecule has 0 bridgehead atoms. The quantitative estimate of drug-likeness (QED) is 0.696. The number of carbonyl (C=O) groups excluding carboxylic acids is 1. The van der Waals surface area contributed by atoms with Crippen LogP contribution in [0.15, 0.2) is 41.3 Å². The van der Waals surface area contributed by atoms with Crippen molar-refractivity contribution in [3.63, 3.8) is 0 Å². The number of amides is 1. The van der Waals surface area contributed by atoms with Crippen LogP contribution < -0.4 is 19.5 Å². The van der Waals surface area contributed by atoms with Crippen molar-refractivity contribution in [1.29, 1.82) is 0 Å². The Morgan fingerprint density at radius 2 is 1.58 bits per heavy atom. The highest BCUT2D eigenvalue weighted by Crippen LogP contribution is 2.40. The molecular weight excluding hydrogens is 420 g/mol. The number of hydrogen-bond acceptors (Lipinski definition) is 6. The third kappa shape index (κ3) is 4.94. The molecule has 1 aliphatic heterocycles. The van der Waals surface area contributed by atoms with Crippen molar-refractivity contribution < 1.29 is 27.4 Å². The zero-order valence-electron chi connectivity index (χ0n) is 18.0. The maximum absolute atomic E-state index is 13.1. The fourth-order valence-electron chi connectivity index (χ4n) is 3.64. The SMILES string of the molecule is COc1ccc(C(=O)Nc2cccc(S(=O)(=O)N3CCCCCC3)c2)c(OC)c1OC. The molecule has 0 unspecified atom stereocenters. The van der Waals surface area contributed by atoms with E-state index in [1.54, 1.807) is 30.3 Å². The molecule has 2 aromatic carbocycles. The molecule has 1 fully saturated rings. The smallest absolute Gasteiger partial charge is 0.259 e. The van der Waals surface area contributed by atoms with Gasteiger partial charge in [0, 0.05) is 18.8 Å². The number of benzene rings is 2. The fraction of sp³-hybridized carbons (Fsp3) is 0.409. The summed E-state index contributed by atoms with van der Waals surface area (Å²) in [4.78, 5) is 13.1. The van der Waals surface area contributed by atoms with Crippen LogP contribution in [0.2, 0.25) is 0 Å². The molecular formula is C22H28N2O6S. The van der Waals surface area contributed by atoms with Crippen LogP contribution >= 0.6 is 0 Å². The fourth-order valence-corrected chi connectivity index (χ4v) is 5.21. The van der Waals surface area contributed by atoms with Crippen molar-refractivity contribution in [2.24, 2.45) is 0 Å². The van der Waals surface area contributed by atoms with Gasteiger partial charge in [-0.25, -0.2) is 8.42 Å². The number of ether oxygens (including phenoxy) is 3. The Kier molecular flexibility index (Phi) is 7.40. The monoisotopic (exact) mass is 448 g/mol. The van der Waals surface area contributed by atoms with E-state index in [0.717, 1.165) is 25.7 Å². The average Bonchev–Trinajstić information content (AvgIpc) is 3.08. The van der Waals surface area contributed by atoms with Crippen LogP contribution in [0, 0.1) is 0 Å². The molecule has 0 aliphatic carbocycles. The van der Waals surface area contributed by atoms with Crippen LogP contribution in [0.5, 0.6) is 17.2 Å². The summed E-state index contributed by atoms with van der Waals surface area (Å²) in [7, 11) is 0.764. The second-order valence-corrected chi connectivity index (χ2v) is 9.12. The first-order valence-electron chi connectivity index (χ1n) is 10.1. The van der Waals surface area contributed by atoms with Crippen LogP contribution in [0.25, 0.3) is 0 Å². The summed E-state index contributed by atoms with van der Waals surface area (Å²) in [5, 5.41) is 2.75. The molecule has 1 saturated heterocycles. The number of carbonyl (C=O) groups is 1. The van der Waals surface area contributed by atoms with E-state index in [0.29, 0.717) is 30.3 Å². The van der Waals surface area contributed by atoms with Crippen molar-refractivity contribution >= 4 is 21.6 Å². The Morgan fingerprint density at radius 3 is 2.19 bits per heavy atom. The molecule has 9 heteroatoms. The molecule has 1 heterocycles. The minimum Gasteiger partial charge on any atom is -0.493 e. The van der Waals surface area contributed by atoms with Gasteiger partial charge in [-0.05, 0) is 43.2 Å². The molecule has 0 spiro atoms. The van der Waals surface area contributed by atoms with Gasteiger partial charge < -0.3 is 19.5 Å². The predicted molar refractivity (Wildman–Crippen MR) is 118 cm³/mol. The topological polar surface area (TPSA) is 94.2 Å². The molecule has 1 amide bonds. The van der Waals surface area contributed by atoms with Gasteiger partial charge in [-0.15, -0.1) is 0 Å². The van der Waals surface area contributed by atoms with E-state index in [-0.39, 0.29) is 16.2 Å². The first-order valence-corrected chi connectivity index (χ1v) is 11.6. The third-order valence-electron chi connectivity index (χ3n) is 5.24. The summed E-state index contributed by atoms with van der Waals surface area (Å²) in [6, 6.07) is 9.46. The van der Waals surface area contributed by atoms with Gasteiger partial charge in [-0.2, -0.15) is 4.31 Å². The van der Waals surface area contributed by atoms with Crippen molar-refractivity contribution in [3.8, 4) is 17.2 Å². The first kappa shape index (κ1) is 22.9. The highest BCUT2D eigenvalue weighted by molar-refractivity contribution is 7.89. The average molecular weight is 449 g/mol. The molecule has 0 radical (unpaired) electrons. The van der Waals surface area contributed by atoms with Crippen LogP contribution in [0.3, 0.4) is 0 Å². The van der Waals surface area contributed by atoms with Gasteiger partial charge in [0.15, 0.2) is 11.5 Å². The second kappa shape index (κ2) is 10.0. The molecule has 8 nitrogen and oxygen atoms in total. The molecule has 2 aromatic rings. The Balaban J connectivity index is 1.87. The van der Waals surface area contributed by atoms with E-state index in [4.69, 9.17) is 14.2 Å². The van der Waals surface area contributed by atoms with E-state index < -0.39 is 15.9 Å². The van der Waals surface area contributed by atoms with E-state index >= 15 is 0 Å². The van der Waals surface area contributed by atoms with Gasteiger partial charge in [0.1, 0.15) is 0 Å². The van der Waals surface area contributed by atoms with Gasteiger partial charge in [-0.1, -0.05) is 18.9 Å². The molecule has 3 rings (SSSR count). The third-order valence-corrected chi connectivity index (χ3v) is 7.14. The number of hydrogen-bond donors (Lipinski definition) is 1. The Labute approximate surface area is 183 Å². The van der Waals surface area contributed by atoms with E-state index in [2.05, 4.69) is 5.32 Å². The summed E-state index contributed by atoms with van der Waals surface area (Å²) in [6.45, 7) is 1.03. The van der Waals surface area contributed by atoms with Crippen LogP contribution in [0.1, 0.15) is 36.0 Å². The second-order valence-electron chi connectivity index (χ2n) is 7.18. The zero-order valence-corrected chi connectivity index (χ0v) is 18.8. The summed E-state index contributed by atoms with van der Waals surface area (Å²) in [5.41, 5.74) is 0.610. The number of sulfonamides is 1. The predicted octanol–water partition coefficient (Wildman–Crippen LogP) is 3.53. The molecule has 168 valence electrons. The number of methoxy groups -OCH3 is 3. The normalized spacial score (nSPS) is 15.1. The van der Waals surface area contributed by atoms with Crippen molar-refractivity contribution in [2.75, 3.05) is 39.7 Å². The number of nitrogens with one attached hydrogen (secondary N) is 1. The lowest BCUT2D eigenvalue weighted by molar-refractivity contribution is 0.102. The van der Waals surface area contributed by atoms with E-state index in [9.17, 15) is 13.2 Å². The number of anilines is 1. The maximum atomic E-state index is 13.1. The Bertz CT molecular complexity index is 1030. The van der Waals surface area contributed by atoms with Crippen molar-refractivity contribution in [1.82, 2.24) is 4.31 Å². The lowest BCUT2D eigenvalue weighted by Crippen LogP contribution is -2.32. The zero-order chi connectivity index (χ0) is 22.4. The van der Waals surface area contributed by atoms with Crippen molar-refractivity contribution in [2.45, 2.75) is 30.6 Å². The summed E-state index contributed by atoms with van der Waals surface area (Å²) in [5.74, 6) is 0.506. The Morgan fingerprint density at radius 1 is 0.903 bits per heavy atom. The van der Waals surface area contributed by atoms with Crippen LogP contribution in [-0.4, -0.2) is 53.0 Å². The van der Waals surface area contributed by atoms with Crippen LogP contribution in [-0.2, 0) is 10.0 Å². The largest absolute Gasteiger partial charge is 0.493 e. The molecule has 0 atom stereocenters. The van der Waals surface area contributed by atoms with Crippen molar-refractivity contribution in [3.05, 3.63) is 42.0 Å². The highest BCUT2D eigenvalue weighted by atomic mass is 32.2. The molecule has 0 aromatic heterocycles. The molecule has 0 saturated carbocycles. The lowest BCUT2D eigenvalue weighted by Gasteiger charge is -2.20. The number of rotatable bonds is 7. The van der Waals surface area contributed by atoms with Gasteiger partial charge in [-0.3, -0.25) is 4.79 Å². The van der Waals surface area contributed by atoms with Gasteiger partial charge in [0.25, 0.3) is 5.91 Å². The molecule has 1 aliphatic rings. The van der Waals surface area contributed by atoms with Gasteiger partial charge in [0.05, 0.1) is 31.8 Å². The highest BCUT2D eigenvalue weighted by Gasteiger charge is 2.26. The van der Waals surface area contributed by atoms with Crippen LogP contribution in [0.4, 0.5) is 5.69 Å². The summed E-state index contributed by atoms with van der Waals surface area (Å²) >= 11 is 0. The summed E-state index contributed by atoms with van der Waals surface area (Å²) < 4.78 is 43.6. The van der Waals surface area contributed by atoms with Gasteiger partial charge in [0.2, 0.25) is 15.8 Å². The first-order chi connectivity index (χ1) is 14.9. The standard InChI is InChI=1S/C22H28N2O6S/c1-28-19-12-11-18(20(29-2)21(19)30-3)22(25)23-16-9-8-10-17(15-16)31(26,27)24-13-6-4-5-7-14-24/h8-12,15H,4-7,13-14H2,1-3H3,(H,23,25). The van der Waals surface area contributed by atoms with E-state index in [1.807, 2.05) is 0 Å².